The summed E-state index contributed by atoms with van der Waals surface area (Å²) >= 11 is 0. The summed E-state index contributed by atoms with van der Waals surface area (Å²) < 4.78 is 10.6. The summed E-state index contributed by atoms with van der Waals surface area (Å²) in [6.07, 6.45) is 2.68. The Bertz CT molecular complexity index is 896. The zero-order chi connectivity index (χ0) is 18.5. The van der Waals surface area contributed by atoms with Crippen LogP contribution in [0.4, 0.5) is 5.82 Å². The van der Waals surface area contributed by atoms with Crippen molar-refractivity contribution in [1.29, 1.82) is 0 Å². The van der Waals surface area contributed by atoms with E-state index in [-0.39, 0.29) is 0 Å². The first kappa shape index (κ1) is 17.9. The summed E-state index contributed by atoms with van der Waals surface area (Å²) in [5.41, 5.74) is 2.79. The molecule has 0 saturated carbocycles. The fourth-order valence-corrected chi connectivity index (χ4v) is 2.76. The topological polar surface area (TPSA) is 69.2 Å². The van der Waals surface area contributed by atoms with Crippen molar-refractivity contribution in [3.8, 4) is 22.9 Å². The molecule has 2 heterocycles. The lowest BCUT2D eigenvalue weighted by atomic mass is 10.0. The minimum absolute atomic E-state index is 0.519. The first-order valence-electron chi connectivity index (χ1n) is 8.70. The van der Waals surface area contributed by atoms with Crippen molar-refractivity contribution in [2.45, 2.75) is 20.3 Å². The monoisotopic (exact) mass is 352 g/mol. The molecule has 3 rings (SSSR count). The number of fused-ring (bicyclic) bond motifs is 1. The van der Waals surface area contributed by atoms with E-state index in [1.54, 1.807) is 20.5 Å². The predicted molar refractivity (Wildman–Crippen MR) is 104 cm³/mol. The van der Waals surface area contributed by atoms with Crippen LogP contribution in [0.15, 0.2) is 36.7 Å². The first-order chi connectivity index (χ1) is 12.6. The van der Waals surface area contributed by atoms with Crippen molar-refractivity contribution >= 4 is 16.7 Å². The molecule has 1 aromatic carbocycles. The van der Waals surface area contributed by atoms with Crippen LogP contribution in [-0.4, -0.2) is 35.7 Å². The lowest BCUT2D eigenvalue weighted by Crippen LogP contribution is -2.07. The van der Waals surface area contributed by atoms with Gasteiger partial charge in [0.2, 0.25) is 11.8 Å². The van der Waals surface area contributed by atoms with Gasteiger partial charge in [0, 0.05) is 23.6 Å². The number of nitrogens with zero attached hydrogens (tertiary/aromatic N) is 3. The largest absolute Gasteiger partial charge is 0.481 e. The summed E-state index contributed by atoms with van der Waals surface area (Å²) in [7, 11) is 3.19. The molecule has 0 fully saturated rings. The number of ether oxygens (including phenoxy) is 2. The SMILES string of the molecule is COc1ccc(-c2ccc3ncnc(NCCC(C)C)c3c2)c(OC)n1. The van der Waals surface area contributed by atoms with Gasteiger partial charge in [0.25, 0.3) is 0 Å². The van der Waals surface area contributed by atoms with E-state index in [0.29, 0.717) is 17.7 Å². The van der Waals surface area contributed by atoms with Gasteiger partial charge in [-0.1, -0.05) is 19.9 Å². The second kappa shape index (κ2) is 7.99. The third-order valence-corrected chi connectivity index (χ3v) is 4.20. The Hall–Kier alpha value is -2.89. The third-order valence-electron chi connectivity index (χ3n) is 4.20. The van der Waals surface area contributed by atoms with E-state index in [1.807, 2.05) is 24.3 Å². The highest BCUT2D eigenvalue weighted by atomic mass is 16.5. The van der Waals surface area contributed by atoms with Crippen LogP contribution in [-0.2, 0) is 0 Å². The van der Waals surface area contributed by atoms with Gasteiger partial charge in [-0.25, -0.2) is 9.97 Å². The Morgan fingerprint density at radius 1 is 1.04 bits per heavy atom. The van der Waals surface area contributed by atoms with Crippen LogP contribution >= 0.6 is 0 Å². The zero-order valence-corrected chi connectivity index (χ0v) is 15.6. The normalized spacial score (nSPS) is 11.0. The minimum atomic E-state index is 0.519. The predicted octanol–water partition coefficient (Wildman–Crippen LogP) is 4.17. The van der Waals surface area contributed by atoms with Crippen molar-refractivity contribution < 1.29 is 9.47 Å². The standard InChI is InChI=1S/C20H24N4O2/c1-13(2)9-10-21-19-16-11-14(5-7-17(16)22-12-23-19)15-6-8-18(25-3)24-20(15)26-4/h5-8,11-13H,9-10H2,1-4H3,(H,21,22,23). The van der Waals surface area contributed by atoms with Crippen LogP contribution in [0.2, 0.25) is 0 Å². The van der Waals surface area contributed by atoms with E-state index >= 15 is 0 Å². The maximum absolute atomic E-state index is 5.44. The van der Waals surface area contributed by atoms with Gasteiger partial charge in [-0.15, -0.1) is 0 Å². The van der Waals surface area contributed by atoms with Crippen molar-refractivity contribution in [2.75, 3.05) is 26.1 Å². The molecular formula is C20H24N4O2. The Morgan fingerprint density at radius 2 is 1.88 bits per heavy atom. The molecule has 0 bridgehead atoms. The lowest BCUT2D eigenvalue weighted by Gasteiger charge is -2.12. The number of hydrogen-bond acceptors (Lipinski definition) is 6. The highest BCUT2D eigenvalue weighted by Crippen LogP contribution is 2.33. The molecule has 0 spiro atoms. The van der Waals surface area contributed by atoms with Gasteiger partial charge < -0.3 is 14.8 Å². The van der Waals surface area contributed by atoms with Gasteiger partial charge in [-0.3, -0.25) is 0 Å². The van der Waals surface area contributed by atoms with Crippen LogP contribution in [0.3, 0.4) is 0 Å². The van der Waals surface area contributed by atoms with Crippen molar-refractivity contribution in [3.63, 3.8) is 0 Å². The summed E-state index contributed by atoms with van der Waals surface area (Å²) in [4.78, 5) is 13.2. The maximum atomic E-state index is 5.44. The van der Waals surface area contributed by atoms with E-state index in [0.717, 1.165) is 40.8 Å². The molecule has 6 nitrogen and oxygen atoms in total. The molecule has 0 aliphatic rings. The number of aromatic nitrogens is 3. The Kier molecular flexibility index (Phi) is 5.51. The number of benzene rings is 1. The first-order valence-corrected chi connectivity index (χ1v) is 8.70. The molecule has 1 N–H and O–H groups in total. The van der Waals surface area contributed by atoms with E-state index in [4.69, 9.17) is 9.47 Å². The van der Waals surface area contributed by atoms with Gasteiger partial charge in [-0.05, 0) is 36.1 Å². The molecule has 136 valence electrons. The molecule has 0 atom stereocenters. The Morgan fingerprint density at radius 3 is 2.62 bits per heavy atom. The Balaban J connectivity index is 2.00. The lowest BCUT2D eigenvalue weighted by molar-refractivity contribution is 0.366. The average molecular weight is 352 g/mol. The van der Waals surface area contributed by atoms with Crippen LogP contribution < -0.4 is 14.8 Å². The molecule has 3 aromatic rings. The van der Waals surface area contributed by atoms with Gasteiger partial charge in [0.1, 0.15) is 12.1 Å². The molecule has 0 aliphatic heterocycles. The average Bonchev–Trinajstić information content (AvgIpc) is 2.67. The number of nitrogens with one attached hydrogen (secondary N) is 1. The van der Waals surface area contributed by atoms with Crippen LogP contribution in [0.1, 0.15) is 20.3 Å². The summed E-state index contributed by atoms with van der Waals surface area (Å²) in [6.45, 7) is 5.29. The van der Waals surface area contributed by atoms with E-state index in [2.05, 4.69) is 40.2 Å². The third kappa shape index (κ3) is 3.85. The minimum Gasteiger partial charge on any atom is -0.481 e. The molecule has 0 aliphatic carbocycles. The van der Waals surface area contributed by atoms with Crippen LogP contribution in [0.25, 0.3) is 22.0 Å². The maximum Gasteiger partial charge on any atom is 0.224 e. The smallest absolute Gasteiger partial charge is 0.224 e. The molecule has 2 aromatic heterocycles. The molecule has 0 amide bonds. The van der Waals surface area contributed by atoms with Gasteiger partial charge >= 0.3 is 0 Å². The number of rotatable bonds is 7. The van der Waals surface area contributed by atoms with Crippen molar-refractivity contribution in [2.24, 2.45) is 5.92 Å². The van der Waals surface area contributed by atoms with Gasteiger partial charge in [0.15, 0.2) is 0 Å². The summed E-state index contributed by atoms with van der Waals surface area (Å²) in [5, 5.41) is 4.40. The second-order valence-corrected chi connectivity index (χ2v) is 6.47. The number of methoxy groups -OCH3 is 2. The van der Waals surface area contributed by atoms with Crippen molar-refractivity contribution in [1.82, 2.24) is 15.0 Å². The second-order valence-electron chi connectivity index (χ2n) is 6.47. The molecule has 6 heteroatoms. The molecule has 0 radical (unpaired) electrons. The fraction of sp³-hybridized carbons (Fsp3) is 0.350. The van der Waals surface area contributed by atoms with Gasteiger partial charge in [0.05, 0.1) is 19.7 Å². The molecule has 26 heavy (non-hydrogen) atoms. The zero-order valence-electron chi connectivity index (χ0n) is 15.6. The molecule has 0 unspecified atom stereocenters. The van der Waals surface area contributed by atoms with Gasteiger partial charge in [-0.2, -0.15) is 4.98 Å². The number of anilines is 1. The quantitative estimate of drug-likeness (QED) is 0.688. The van der Waals surface area contributed by atoms with E-state index in [9.17, 15) is 0 Å². The Labute approximate surface area is 153 Å². The van der Waals surface area contributed by atoms with E-state index in [1.165, 1.54) is 0 Å². The number of pyridine rings is 1. The highest BCUT2D eigenvalue weighted by Gasteiger charge is 2.12. The summed E-state index contributed by atoms with van der Waals surface area (Å²) in [6, 6.07) is 9.84. The highest BCUT2D eigenvalue weighted by molar-refractivity contribution is 5.93. The summed E-state index contributed by atoms with van der Waals surface area (Å²) in [5.74, 6) is 2.53. The van der Waals surface area contributed by atoms with Crippen LogP contribution in [0, 0.1) is 5.92 Å². The van der Waals surface area contributed by atoms with Crippen LogP contribution in [0.5, 0.6) is 11.8 Å². The fourth-order valence-electron chi connectivity index (χ4n) is 2.76. The molecule has 0 saturated heterocycles. The van der Waals surface area contributed by atoms with E-state index < -0.39 is 0 Å². The van der Waals surface area contributed by atoms with Crippen molar-refractivity contribution in [3.05, 3.63) is 36.7 Å². The number of hydrogen-bond donors (Lipinski definition) is 1. The molecular weight excluding hydrogens is 328 g/mol.